The lowest BCUT2D eigenvalue weighted by atomic mass is 10.1. The van der Waals surface area contributed by atoms with E-state index in [9.17, 15) is 13.2 Å². The standard InChI is InChI=1S/C21H23N3O4S2/c1-4-28-17-9-5-16(6-10-17)21-24-14(3)19(29-21)20(25)23-13(2)15-7-11-18(12-8-15)30(22,26)27/h5-13H,4H2,1-3H3,(H,23,25)(H2,22,26,27). The number of carbonyl (C=O) groups is 1. The highest BCUT2D eigenvalue weighted by atomic mass is 32.2. The lowest BCUT2D eigenvalue weighted by Gasteiger charge is -2.14. The minimum atomic E-state index is -3.75. The van der Waals surface area contributed by atoms with Crippen LogP contribution in [0.4, 0.5) is 0 Å². The number of amides is 1. The van der Waals surface area contributed by atoms with Gasteiger partial charge in [-0.25, -0.2) is 18.5 Å². The molecule has 0 aliphatic carbocycles. The summed E-state index contributed by atoms with van der Waals surface area (Å²) in [7, 11) is -3.75. The number of primary sulfonamides is 1. The molecule has 3 aromatic rings. The molecule has 0 saturated heterocycles. The predicted molar refractivity (Wildman–Crippen MR) is 117 cm³/mol. The van der Waals surface area contributed by atoms with E-state index in [1.165, 1.54) is 23.5 Å². The van der Waals surface area contributed by atoms with Crippen LogP contribution in [0.1, 0.15) is 40.8 Å². The van der Waals surface area contributed by atoms with E-state index in [0.29, 0.717) is 17.2 Å². The van der Waals surface area contributed by atoms with E-state index < -0.39 is 10.0 Å². The average Bonchev–Trinajstić information content (AvgIpc) is 3.10. The topological polar surface area (TPSA) is 111 Å². The molecule has 0 radical (unpaired) electrons. The van der Waals surface area contributed by atoms with Gasteiger partial charge in [-0.2, -0.15) is 0 Å². The lowest BCUT2D eigenvalue weighted by molar-refractivity contribution is 0.0943. The molecule has 0 spiro atoms. The number of hydrogen-bond acceptors (Lipinski definition) is 6. The highest BCUT2D eigenvalue weighted by Crippen LogP contribution is 2.29. The maximum Gasteiger partial charge on any atom is 0.263 e. The van der Waals surface area contributed by atoms with Gasteiger partial charge in [0.1, 0.15) is 15.6 Å². The van der Waals surface area contributed by atoms with Crippen molar-refractivity contribution >= 4 is 27.3 Å². The van der Waals surface area contributed by atoms with Crippen LogP contribution in [0.2, 0.25) is 0 Å². The number of aromatic nitrogens is 1. The first-order chi connectivity index (χ1) is 14.2. The molecule has 1 atom stereocenters. The third kappa shape index (κ3) is 5.05. The van der Waals surface area contributed by atoms with Crippen LogP contribution in [0.3, 0.4) is 0 Å². The van der Waals surface area contributed by atoms with Crippen molar-refractivity contribution in [1.29, 1.82) is 0 Å². The van der Waals surface area contributed by atoms with Crippen LogP contribution in [0.5, 0.6) is 5.75 Å². The summed E-state index contributed by atoms with van der Waals surface area (Å²) < 4.78 is 28.2. The van der Waals surface area contributed by atoms with Crippen molar-refractivity contribution in [1.82, 2.24) is 10.3 Å². The Morgan fingerprint density at radius 2 is 1.80 bits per heavy atom. The monoisotopic (exact) mass is 445 g/mol. The van der Waals surface area contributed by atoms with Crippen LogP contribution in [-0.4, -0.2) is 25.9 Å². The lowest BCUT2D eigenvalue weighted by Crippen LogP contribution is -2.26. The Bertz CT molecular complexity index is 1140. The summed E-state index contributed by atoms with van der Waals surface area (Å²) >= 11 is 1.32. The van der Waals surface area contributed by atoms with E-state index in [1.807, 2.05) is 38.1 Å². The minimum absolute atomic E-state index is 0.0306. The maximum atomic E-state index is 12.8. The molecule has 158 valence electrons. The van der Waals surface area contributed by atoms with Gasteiger partial charge in [0.25, 0.3) is 5.91 Å². The van der Waals surface area contributed by atoms with E-state index in [-0.39, 0.29) is 16.8 Å². The second-order valence-electron chi connectivity index (χ2n) is 6.70. The molecule has 7 nitrogen and oxygen atoms in total. The van der Waals surface area contributed by atoms with E-state index in [0.717, 1.165) is 21.9 Å². The number of nitrogens with two attached hydrogens (primary N) is 1. The number of nitrogens with one attached hydrogen (secondary N) is 1. The fourth-order valence-electron chi connectivity index (χ4n) is 2.88. The Balaban J connectivity index is 1.74. The summed E-state index contributed by atoms with van der Waals surface area (Å²) in [6, 6.07) is 13.4. The zero-order chi connectivity index (χ0) is 21.9. The number of sulfonamides is 1. The summed E-state index contributed by atoms with van der Waals surface area (Å²) in [5.41, 5.74) is 2.33. The highest BCUT2D eigenvalue weighted by molar-refractivity contribution is 7.89. The van der Waals surface area contributed by atoms with Gasteiger partial charge < -0.3 is 10.1 Å². The van der Waals surface area contributed by atoms with Gasteiger partial charge in [-0.1, -0.05) is 12.1 Å². The predicted octanol–water partition coefficient (Wildman–Crippen LogP) is 3.66. The Kier molecular flexibility index (Phi) is 6.55. The van der Waals surface area contributed by atoms with Crippen LogP contribution in [-0.2, 0) is 10.0 Å². The molecule has 3 N–H and O–H groups in total. The number of carbonyl (C=O) groups excluding carboxylic acids is 1. The Labute approximate surface area is 180 Å². The maximum absolute atomic E-state index is 12.8. The molecule has 30 heavy (non-hydrogen) atoms. The molecule has 1 unspecified atom stereocenters. The van der Waals surface area contributed by atoms with Crippen LogP contribution < -0.4 is 15.2 Å². The number of hydrogen-bond donors (Lipinski definition) is 2. The van der Waals surface area contributed by atoms with Crippen LogP contribution in [0, 0.1) is 6.92 Å². The quantitative estimate of drug-likeness (QED) is 0.576. The Hall–Kier alpha value is -2.75. The van der Waals surface area contributed by atoms with Gasteiger partial charge >= 0.3 is 0 Å². The van der Waals surface area contributed by atoms with Gasteiger partial charge in [0.05, 0.1) is 23.2 Å². The SMILES string of the molecule is CCOc1ccc(-c2nc(C)c(C(=O)NC(C)c3ccc(S(N)(=O)=O)cc3)s2)cc1. The summed E-state index contributed by atoms with van der Waals surface area (Å²) in [5, 5.41) is 8.81. The summed E-state index contributed by atoms with van der Waals surface area (Å²) in [4.78, 5) is 17.9. The Morgan fingerprint density at radius 3 is 2.37 bits per heavy atom. The molecule has 1 heterocycles. The molecule has 3 rings (SSSR count). The molecule has 0 aliphatic heterocycles. The van der Waals surface area contributed by atoms with Gasteiger partial charge in [0, 0.05) is 5.56 Å². The van der Waals surface area contributed by atoms with Crippen molar-refractivity contribution in [2.45, 2.75) is 31.7 Å². The van der Waals surface area contributed by atoms with Crippen molar-refractivity contribution in [2.24, 2.45) is 5.14 Å². The molecule has 0 saturated carbocycles. The second-order valence-corrected chi connectivity index (χ2v) is 9.26. The van der Waals surface area contributed by atoms with E-state index in [1.54, 1.807) is 19.1 Å². The first-order valence-electron chi connectivity index (χ1n) is 9.33. The average molecular weight is 446 g/mol. The van der Waals surface area contributed by atoms with E-state index in [2.05, 4.69) is 10.3 Å². The molecule has 0 fully saturated rings. The molecule has 0 bridgehead atoms. The van der Waals surface area contributed by atoms with Crippen molar-refractivity contribution in [2.75, 3.05) is 6.61 Å². The van der Waals surface area contributed by atoms with Crippen LogP contribution >= 0.6 is 11.3 Å². The number of aryl methyl sites for hydroxylation is 1. The van der Waals surface area contributed by atoms with Gasteiger partial charge in [-0.15, -0.1) is 11.3 Å². The number of benzene rings is 2. The molecule has 1 aromatic heterocycles. The minimum Gasteiger partial charge on any atom is -0.494 e. The molecule has 9 heteroatoms. The first kappa shape index (κ1) is 21.9. The number of rotatable bonds is 7. The fraction of sp³-hybridized carbons (Fsp3) is 0.238. The van der Waals surface area contributed by atoms with Gasteiger partial charge in [-0.05, 0) is 62.7 Å². The first-order valence-corrected chi connectivity index (χ1v) is 11.7. The zero-order valence-corrected chi connectivity index (χ0v) is 18.5. The molecular weight excluding hydrogens is 422 g/mol. The molecule has 1 amide bonds. The molecule has 0 aliphatic rings. The third-order valence-electron chi connectivity index (χ3n) is 4.47. The largest absolute Gasteiger partial charge is 0.494 e. The smallest absolute Gasteiger partial charge is 0.263 e. The number of thiazole rings is 1. The van der Waals surface area contributed by atoms with Crippen molar-refractivity contribution in [3.8, 4) is 16.3 Å². The van der Waals surface area contributed by atoms with E-state index >= 15 is 0 Å². The number of ether oxygens (including phenoxy) is 1. The fourth-order valence-corrected chi connectivity index (χ4v) is 4.37. The van der Waals surface area contributed by atoms with Crippen molar-refractivity contribution < 1.29 is 17.9 Å². The Morgan fingerprint density at radius 1 is 1.17 bits per heavy atom. The second kappa shape index (κ2) is 8.95. The van der Waals surface area contributed by atoms with Gasteiger partial charge in [0.2, 0.25) is 10.0 Å². The summed E-state index contributed by atoms with van der Waals surface area (Å²) in [6.45, 7) is 6.16. The highest BCUT2D eigenvalue weighted by Gasteiger charge is 2.19. The molecular formula is C21H23N3O4S2. The van der Waals surface area contributed by atoms with Crippen LogP contribution in [0.15, 0.2) is 53.4 Å². The van der Waals surface area contributed by atoms with Crippen molar-refractivity contribution in [3.63, 3.8) is 0 Å². The van der Waals surface area contributed by atoms with Gasteiger partial charge in [-0.3, -0.25) is 4.79 Å². The third-order valence-corrected chi connectivity index (χ3v) is 6.61. The number of nitrogens with zero attached hydrogens (tertiary/aromatic N) is 1. The molecule has 2 aromatic carbocycles. The van der Waals surface area contributed by atoms with Crippen molar-refractivity contribution in [3.05, 3.63) is 64.7 Å². The van der Waals surface area contributed by atoms with Gasteiger partial charge in [0.15, 0.2) is 0 Å². The summed E-state index contributed by atoms with van der Waals surface area (Å²) in [5.74, 6) is 0.556. The van der Waals surface area contributed by atoms with E-state index in [4.69, 9.17) is 9.88 Å². The normalized spacial score (nSPS) is 12.4. The summed E-state index contributed by atoms with van der Waals surface area (Å²) in [6.07, 6.45) is 0. The van der Waals surface area contributed by atoms with Crippen LogP contribution in [0.25, 0.3) is 10.6 Å². The zero-order valence-electron chi connectivity index (χ0n) is 16.9.